The summed E-state index contributed by atoms with van der Waals surface area (Å²) < 4.78 is 4.71. The van der Waals surface area contributed by atoms with Gasteiger partial charge in [0.05, 0.1) is 35.1 Å². The number of carbonyl (C=O) groups is 2. The lowest BCUT2D eigenvalue weighted by molar-refractivity contribution is -0.116. The highest BCUT2D eigenvalue weighted by atomic mass is 35.5. The second-order valence-corrected chi connectivity index (χ2v) is 7.52. The molecule has 146 valence electrons. The standard InChI is InChI=1S/C20H13Cl2N3O3S/c1-28-20(27)13-4-2-3-5-16(13)24-18(26)14(9-23)19-25-17(10-29-19)12-7-6-11(21)8-15(12)22/h2-8,10,14H,1H3,(H,24,26)/t14-/m1/s1. The van der Waals surface area contributed by atoms with Gasteiger partial charge in [0.25, 0.3) is 0 Å². The van der Waals surface area contributed by atoms with Gasteiger partial charge in [-0.2, -0.15) is 5.26 Å². The summed E-state index contributed by atoms with van der Waals surface area (Å²) in [5, 5.41) is 15.1. The number of nitriles is 1. The van der Waals surface area contributed by atoms with Crippen molar-refractivity contribution >= 4 is 52.1 Å². The molecule has 29 heavy (non-hydrogen) atoms. The second kappa shape index (κ2) is 9.05. The molecule has 0 saturated carbocycles. The van der Waals surface area contributed by atoms with Crippen LogP contribution < -0.4 is 5.32 Å². The minimum Gasteiger partial charge on any atom is -0.465 e. The minimum absolute atomic E-state index is 0.188. The van der Waals surface area contributed by atoms with E-state index in [1.807, 2.05) is 6.07 Å². The van der Waals surface area contributed by atoms with Gasteiger partial charge in [-0.05, 0) is 30.3 Å². The molecule has 0 aliphatic rings. The highest BCUT2D eigenvalue weighted by molar-refractivity contribution is 7.10. The van der Waals surface area contributed by atoms with Gasteiger partial charge >= 0.3 is 5.97 Å². The van der Waals surface area contributed by atoms with Crippen molar-refractivity contribution in [2.75, 3.05) is 12.4 Å². The van der Waals surface area contributed by atoms with Crippen LogP contribution in [0.5, 0.6) is 0 Å². The predicted molar refractivity (Wildman–Crippen MR) is 112 cm³/mol. The third kappa shape index (κ3) is 4.57. The van der Waals surface area contributed by atoms with Crippen molar-refractivity contribution in [2.45, 2.75) is 5.92 Å². The number of halogens is 2. The van der Waals surface area contributed by atoms with Crippen LogP contribution in [-0.2, 0) is 9.53 Å². The lowest BCUT2D eigenvalue weighted by Gasteiger charge is -2.11. The number of hydrogen-bond donors (Lipinski definition) is 1. The quantitative estimate of drug-likeness (QED) is 0.548. The fourth-order valence-electron chi connectivity index (χ4n) is 2.55. The van der Waals surface area contributed by atoms with E-state index in [4.69, 9.17) is 27.9 Å². The summed E-state index contributed by atoms with van der Waals surface area (Å²) in [6.45, 7) is 0. The molecule has 0 radical (unpaired) electrons. The summed E-state index contributed by atoms with van der Waals surface area (Å²) in [5.74, 6) is -2.36. The van der Waals surface area contributed by atoms with E-state index in [1.54, 1.807) is 41.8 Å². The number of esters is 1. The highest BCUT2D eigenvalue weighted by Crippen LogP contribution is 2.33. The number of hydrogen-bond acceptors (Lipinski definition) is 6. The fourth-order valence-corrected chi connectivity index (χ4v) is 3.92. The maximum Gasteiger partial charge on any atom is 0.339 e. The Labute approximate surface area is 180 Å². The largest absolute Gasteiger partial charge is 0.465 e. The van der Waals surface area contributed by atoms with Gasteiger partial charge in [-0.25, -0.2) is 9.78 Å². The summed E-state index contributed by atoms with van der Waals surface area (Å²) in [4.78, 5) is 29.0. The average Bonchev–Trinajstić information content (AvgIpc) is 3.17. The van der Waals surface area contributed by atoms with Crippen LogP contribution in [0.1, 0.15) is 21.3 Å². The van der Waals surface area contributed by atoms with Crippen LogP contribution in [0.2, 0.25) is 10.0 Å². The third-order valence-corrected chi connectivity index (χ3v) is 5.41. The first-order valence-corrected chi connectivity index (χ1v) is 9.86. The summed E-state index contributed by atoms with van der Waals surface area (Å²) in [6, 6.07) is 13.3. The number of thiazole rings is 1. The Morgan fingerprint density at radius 1 is 1.24 bits per heavy atom. The molecule has 0 aliphatic carbocycles. The van der Waals surface area contributed by atoms with E-state index < -0.39 is 17.8 Å². The van der Waals surface area contributed by atoms with Crippen LogP contribution in [0.3, 0.4) is 0 Å². The molecule has 2 aromatic carbocycles. The summed E-state index contributed by atoms with van der Waals surface area (Å²) in [7, 11) is 1.25. The SMILES string of the molecule is COC(=O)c1ccccc1NC(=O)[C@@H](C#N)c1nc(-c2ccc(Cl)cc2Cl)cs1. The second-order valence-electron chi connectivity index (χ2n) is 5.78. The lowest BCUT2D eigenvalue weighted by atomic mass is 10.1. The van der Waals surface area contributed by atoms with Gasteiger partial charge in [-0.15, -0.1) is 11.3 Å². The molecule has 0 aliphatic heterocycles. The zero-order valence-electron chi connectivity index (χ0n) is 15.0. The van der Waals surface area contributed by atoms with Crippen LogP contribution in [-0.4, -0.2) is 24.0 Å². The minimum atomic E-state index is -1.16. The van der Waals surface area contributed by atoms with Crippen molar-refractivity contribution in [3.8, 4) is 17.3 Å². The van der Waals surface area contributed by atoms with Crippen LogP contribution in [0.15, 0.2) is 47.8 Å². The highest BCUT2D eigenvalue weighted by Gasteiger charge is 2.26. The number of anilines is 1. The molecule has 1 atom stereocenters. The van der Waals surface area contributed by atoms with E-state index in [-0.39, 0.29) is 11.3 Å². The van der Waals surface area contributed by atoms with Crippen LogP contribution in [0.4, 0.5) is 5.69 Å². The third-order valence-electron chi connectivity index (χ3n) is 3.96. The number of nitrogens with zero attached hydrogens (tertiary/aromatic N) is 2. The van der Waals surface area contributed by atoms with E-state index in [1.165, 1.54) is 24.5 Å². The number of aromatic nitrogens is 1. The van der Waals surface area contributed by atoms with Crippen LogP contribution >= 0.6 is 34.5 Å². The van der Waals surface area contributed by atoms with E-state index in [2.05, 4.69) is 10.3 Å². The van der Waals surface area contributed by atoms with Crippen LogP contribution in [0.25, 0.3) is 11.3 Å². The van der Waals surface area contributed by atoms with Crippen molar-refractivity contribution in [1.82, 2.24) is 4.98 Å². The zero-order chi connectivity index (χ0) is 21.0. The van der Waals surface area contributed by atoms with E-state index in [9.17, 15) is 14.9 Å². The first-order valence-electron chi connectivity index (χ1n) is 8.23. The Kier molecular flexibility index (Phi) is 6.49. The van der Waals surface area contributed by atoms with Crippen molar-refractivity contribution in [3.63, 3.8) is 0 Å². The molecule has 0 bridgehead atoms. The zero-order valence-corrected chi connectivity index (χ0v) is 17.3. The Balaban J connectivity index is 1.86. The van der Waals surface area contributed by atoms with Gasteiger partial charge in [-0.3, -0.25) is 4.79 Å². The molecule has 1 amide bonds. The Morgan fingerprint density at radius 2 is 2.00 bits per heavy atom. The summed E-state index contributed by atoms with van der Waals surface area (Å²) in [5.41, 5.74) is 1.62. The first kappa shape index (κ1) is 20.8. The molecule has 3 aromatic rings. The van der Waals surface area contributed by atoms with Gasteiger partial charge in [-0.1, -0.05) is 35.3 Å². The molecular formula is C20H13Cl2N3O3S. The Bertz CT molecular complexity index is 1120. The molecule has 9 heteroatoms. The Morgan fingerprint density at radius 3 is 2.69 bits per heavy atom. The number of amides is 1. The molecule has 0 spiro atoms. The summed E-state index contributed by atoms with van der Waals surface area (Å²) in [6.07, 6.45) is 0. The monoisotopic (exact) mass is 445 g/mol. The van der Waals surface area contributed by atoms with Crippen molar-refractivity contribution in [1.29, 1.82) is 5.26 Å². The predicted octanol–water partition coefficient (Wildman–Crippen LogP) is 5.15. The molecule has 1 heterocycles. The number of para-hydroxylation sites is 1. The van der Waals surface area contributed by atoms with E-state index in [0.29, 0.717) is 26.3 Å². The topological polar surface area (TPSA) is 92.1 Å². The number of ether oxygens (including phenoxy) is 1. The molecular weight excluding hydrogens is 433 g/mol. The number of methoxy groups -OCH3 is 1. The summed E-state index contributed by atoms with van der Waals surface area (Å²) >= 11 is 13.3. The van der Waals surface area contributed by atoms with Gasteiger partial charge < -0.3 is 10.1 Å². The number of rotatable bonds is 5. The number of carbonyl (C=O) groups excluding carboxylic acids is 2. The lowest BCUT2D eigenvalue weighted by Crippen LogP contribution is -2.21. The number of nitrogens with one attached hydrogen (secondary N) is 1. The van der Waals surface area contributed by atoms with Gasteiger partial charge in [0.1, 0.15) is 5.01 Å². The molecule has 6 nitrogen and oxygen atoms in total. The van der Waals surface area contributed by atoms with Crippen molar-refractivity contribution in [2.24, 2.45) is 0 Å². The maximum atomic E-state index is 12.7. The van der Waals surface area contributed by atoms with Crippen molar-refractivity contribution in [3.05, 3.63) is 68.5 Å². The first-order chi connectivity index (χ1) is 13.9. The van der Waals surface area contributed by atoms with Crippen molar-refractivity contribution < 1.29 is 14.3 Å². The molecule has 0 fully saturated rings. The van der Waals surface area contributed by atoms with E-state index >= 15 is 0 Å². The molecule has 1 aromatic heterocycles. The smallest absolute Gasteiger partial charge is 0.339 e. The van der Waals surface area contributed by atoms with Gasteiger partial charge in [0.2, 0.25) is 5.91 Å². The molecule has 1 N–H and O–H groups in total. The van der Waals surface area contributed by atoms with Gasteiger partial charge in [0.15, 0.2) is 5.92 Å². The normalized spacial score (nSPS) is 11.4. The average molecular weight is 446 g/mol. The Hall–Kier alpha value is -2.92. The molecule has 3 rings (SSSR count). The molecule has 0 unspecified atom stereocenters. The van der Waals surface area contributed by atoms with Gasteiger partial charge in [0, 0.05) is 16.0 Å². The number of benzene rings is 2. The maximum absolute atomic E-state index is 12.7. The van der Waals surface area contributed by atoms with E-state index in [0.717, 1.165) is 0 Å². The fraction of sp³-hybridized carbons (Fsp3) is 0.100. The van der Waals surface area contributed by atoms with Crippen LogP contribution in [0, 0.1) is 11.3 Å². The molecule has 0 saturated heterocycles.